The van der Waals surface area contributed by atoms with Gasteiger partial charge >= 0.3 is 17.9 Å². The molecule has 0 aliphatic rings. The molecule has 0 aliphatic carbocycles. The fraction of sp³-hybridized carbons (Fsp3) is 0.712. The Morgan fingerprint density at radius 2 is 0.600 bits per heavy atom. The van der Waals surface area contributed by atoms with Crippen molar-refractivity contribution in [3.05, 3.63) is 85.1 Å². The molecule has 0 saturated carbocycles. The molecule has 0 saturated heterocycles. The molecule has 372 valence electrons. The highest BCUT2D eigenvalue weighted by atomic mass is 16.6. The van der Waals surface area contributed by atoms with E-state index < -0.39 is 6.10 Å². The third-order valence-electron chi connectivity index (χ3n) is 11.4. The Morgan fingerprint density at radius 1 is 0.323 bits per heavy atom. The van der Waals surface area contributed by atoms with Gasteiger partial charge in [0.05, 0.1) is 0 Å². The Hall–Kier alpha value is -3.41. The summed E-state index contributed by atoms with van der Waals surface area (Å²) in [5, 5.41) is 0. The first-order valence-corrected chi connectivity index (χ1v) is 27.1. The fourth-order valence-corrected chi connectivity index (χ4v) is 7.36. The van der Waals surface area contributed by atoms with Crippen molar-refractivity contribution < 1.29 is 28.6 Å². The van der Waals surface area contributed by atoms with Crippen LogP contribution in [0.4, 0.5) is 0 Å². The molecule has 0 amide bonds. The molecule has 0 radical (unpaired) electrons. The van der Waals surface area contributed by atoms with Crippen molar-refractivity contribution >= 4 is 17.9 Å². The molecule has 65 heavy (non-hydrogen) atoms. The minimum absolute atomic E-state index is 0.0771. The molecule has 0 N–H and O–H groups in total. The van der Waals surface area contributed by atoms with E-state index in [4.69, 9.17) is 14.2 Å². The van der Waals surface area contributed by atoms with Gasteiger partial charge < -0.3 is 14.2 Å². The maximum atomic E-state index is 12.7. The summed E-state index contributed by atoms with van der Waals surface area (Å²) in [6.07, 6.45) is 68.7. The van der Waals surface area contributed by atoms with Gasteiger partial charge in [0.2, 0.25) is 0 Å². The van der Waals surface area contributed by atoms with Crippen LogP contribution in [0, 0.1) is 0 Å². The summed E-state index contributed by atoms with van der Waals surface area (Å²) in [5.74, 6) is -0.893. The highest BCUT2D eigenvalue weighted by molar-refractivity contribution is 5.71. The number of hydrogen-bond acceptors (Lipinski definition) is 6. The van der Waals surface area contributed by atoms with E-state index in [2.05, 4.69) is 106 Å². The SMILES string of the molecule is CC/C=C\C/C=C\C/C=C\C/C=C\C/C=C\C/C=C\C/C=C\CCCCCCCCCC(=O)OCC(COC(=O)CCCCCCCCCCC)OC(=O)CCCCCCCCCCC. The number of rotatable bonds is 48. The zero-order valence-corrected chi connectivity index (χ0v) is 42.5. The average molecular weight is 905 g/mol. The lowest BCUT2D eigenvalue weighted by Gasteiger charge is -2.18. The molecule has 6 heteroatoms. The van der Waals surface area contributed by atoms with E-state index >= 15 is 0 Å². The van der Waals surface area contributed by atoms with Gasteiger partial charge in [-0.15, -0.1) is 0 Å². The van der Waals surface area contributed by atoms with Crippen molar-refractivity contribution in [2.45, 2.75) is 258 Å². The Labute approximate surface area is 401 Å². The monoisotopic (exact) mass is 905 g/mol. The first kappa shape index (κ1) is 61.6. The number of carbonyl (C=O) groups excluding carboxylic acids is 3. The van der Waals surface area contributed by atoms with E-state index in [1.165, 1.54) is 103 Å². The van der Waals surface area contributed by atoms with E-state index in [1.54, 1.807) is 0 Å². The van der Waals surface area contributed by atoms with Crippen LogP contribution in [0.2, 0.25) is 0 Å². The molecule has 0 aromatic rings. The van der Waals surface area contributed by atoms with E-state index in [-0.39, 0.29) is 31.1 Å². The summed E-state index contributed by atoms with van der Waals surface area (Å²) in [5.41, 5.74) is 0. The molecule has 1 unspecified atom stereocenters. The number of allylic oxidation sites excluding steroid dienone is 14. The number of unbranched alkanes of at least 4 members (excludes halogenated alkanes) is 23. The van der Waals surface area contributed by atoms with E-state index in [1.807, 2.05) is 0 Å². The van der Waals surface area contributed by atoms with Gasteiger partial charge in [0.15, 0.2) is 6.10 Å². The van der Waals surface area contributed by atoms with E-state index in [9.17, 15) is 14.4 Å². The Kier molecular flexibility index (Phi) is 50.4. The van der Waals surface area contributed by atoms with Gasteiger partial charge in [0.25, 0.3) is 0 Å². The van der Waals surface area contributed by atoms with Gasteiger partial charge in [-0.1, -0.05) is 241 Å². The number of ether oxygens (including phenoxy) is 3. The lowest BCUT2D eigenvalue weighted by Crippen LogP contribution is -2.30. The zero-order chi connectivity index (χ0) is 47.2. The number of carbonyl (C=O) groups is 3. The third-order valence-corrected chi connectivity index (χ3v) is 11.4. The van der Waals surface area contributed by atoms with Gasteiger partial charge in [0, 0.05) is 19.3 Å². The van der Waals surface area contributed by atoms with Gasteiger partial charge in [0.1, 0.15) is 13.2 Å². The van der Waals surface area contributed by atoms with E-state index in [0.29, 0.717) is 19.3 Å². The smallest absolute Gasteiger partial charge is 0.306 e. The Bertz CT molecular complexity index is 1270. The van der Waals surface area contributed by atoms with Crippen LogP contribution in [0.15, 0.2) is 85.1 Å². The summed E-state index contributed by atoms with van der Waals surface area (Å²) in [7, 11) is 0. The molecule has 0 spiro atoms. The molecular formula is C59H100O6. The third kappa shape index (κ3) is 51.4. The van der Waals surface area contributed by atoms with Gasteiger partial charge in [-0.05, 0) is 77.0 Å². The Morgan fingerprint density at radius 3 is 0.938 bits per heavy atom. The highest BCUT2D eigenvalue weighted by Crippen LogP contribution is 2.14. The van der Waals surface area contributed by atoms with Gasteiger partial charge in [-0.2, -0.15) is 0 Å². The second-order valence-electron chi connectivity index (χ2n) is 17.8. The predicted octanol–water partition coefficient (Wildman–Crippen LogP) is 18.0. The van der Waals surface area contributed by atoms with Crippen LogP contribution in [0.25, 0.3) is 0 Å². The van der Waals surface area contributed by atoms with Crippen LogP contribution in [-0.4, -0.2) is 37.2 Å². The van der Waals surface area contributed by atoms with Crippen molar-refractivity contribution in [3.8, 4) is 0 Å². The molecule has 0 fully saturated rings. The summed E-state index contributed by atoms with van der Waals surface area (Å²) in [6.45, 7) is 6.47. The quantitative estimate of drug-likeness (QED) is 0.0262. The van der Waals surface area contributed by atoms with Crippen LogP contribution in [0.5, 0.6) is 0 Å². The minimum atomic E-state index is -0.774. The first-order chi connectivity index (χ1) is 32.0. The van der Waals surface area contributed by atoms with Crippen molar-refractivity contribution in [3.63, 3.8) is 0 Å². The molecular weight excluding hydrogens is 805 g/mol. The van der Waals surface area contributed by atoms with Crippen molar-refractivity contribution in [1.82, 2.24) is 0 Å². The predicted molar refractivity (Wildman–Crippen MR) is 279 cm³/mol. The van der Waals surface area contributed by atoms with Crippen LogP contribution >= 0.6 is 0 Å². The molecule has 0 heterocycles. The second-order valence-corrected chi connectivity index (χ2v) is 17.8. The van der Waals surface area contributed by atoms with Crippen molar-refractivity contribution in [2.75, 3.05) is 13.2 Å². The molecule has 1 atom stereocenters. The maximum absolute atomic E-state index is 12.7. The standard InChI is InChI=1S/C59H100O6/c1-4-7-10-13-16-19-20-21-22-23-24-25-26-27-28-29-30-31-32-33-34-35-36-37-38-41-43-46-49-52-58(61)64-55-56(65-59(62)53-50-47-44-40-18-15-12-9-6-3)54-63-57(60)51-48-45-42-39-17-14-11-8-5-2/h7,10,16,19,21-22,24-25,27-28,30-31,33-34,56H,4-6,8-9,11-15,17-18,20,23,26,29,32,35-55H2,1-3H3/b10-7-,19-16-,22-21-,25-24-,28-27-,31-30-,34-33-. The molecule has 0 rings (SSSR count). The van der Waals surface area contributed by atoms with Crippen LogP contribution in [0.3, 0.4) is 0 Å². The molecule has 0 aromatic carbocycles. The average Bonchev–Trinajstić information content (AvgIpc) is 3.30. The van der Waals surface area contributed by atoms with Gasteiger partial charge in [-0.25, -0.2) is 0 Å². The molecule has 0 bridgehead atoms. The number of esters is 3. The lowest BCUT2D eigenvalue weighted by atomic mass is 10.1. The molecule has 0 aromatic heterocycles. The summed E-state index contributed by atoms with van der Waals surface area (Å²) in [4.78, 5) is 37.8. The number of hydrogen-bond donors (Lipinski definition) is 0. The lowest BCUT2D eigenvalue weighted by molar-refractivity contribution is -0.167. The summed E-state index contributed by atoms with van der Waals surface area (Å²) >= 11 is 0. The van der Waals surface area contributed by atoms with Crippen LogP contribution in [-0.2, 0) is 28.6 Å². The van der Waals surface area contributed by atoms with Crippen LogP contribution < -0.4 is 0 Å². The topological polar surface area (TPSA) is 78.9 Å². The minimum Gasteiger partial charge on any atom is -0.462 e. The van der Waals surface area contributed by atoms with Crippen LogP contribution in [0.1, 0.15) is 252 Å². The molecule has 0 aliphatic heterocycles. The summed E-state index contributed by atoms with van der Waals surface area (Å²) < 4.78 is 16.7. The van der Waals surface area contributed by atoms with E-state index in [0.717, 1.165) is 109 Å². The first-order valence-electron chi connectivity index (χ1n) is 27.1. The zero-order valence-electron chi connectivity index (χ0n) is 42.5. The normalized spacial score (nSPS) is 12.7. The van der Waals surface area contributed by atoms with Gasteiger partial charge in [-0.3, -0.25) is 14.4 Å². The summed E-state index contributed by atoms with van der Waals surface area (Å²) in [6, 6.07) is 0. The fourth-order valence-electron chi connectivity index (χ4n) is 7.36. The maximum Gasteiger partial charge on any atom is 0.306 e. The largest absolute Gasteiger partial charge is 0.462 e. The van der Waals surface area contributed by atoms with Crippen molar-refractivity contribution in [2.24, 2.45) is 0 Å². The van der Waals surface area contributed by atoms with Crippen molar-refractivity contribution in [1.29, 1.82) is 0 Å². The second kappa shape index (κ2) is 53.2. The Balaban J connectivity index is 4.15. The highest BCUT2D eigenvalue weighted by Gasteiger charge is 2.19. The molecule has 6 nitrogen and oxygen atoms in total.